The zero-order valence-electron chi connectivity index (χ0n) is 17.0. The molecule has 2 aromatic rings. The summed E-state index contributed by atoms with van der Waals surface area (Å²) < 4.78 is 12.9. The number of nitrogens with zero attached hydrogens (tertiary/aromatic N) is 1. The van der Waals surface area contributed by atoms with E-state index in [1.54, 1.807) is 12.1 Å². The maximum Gasteiger partial charge on any atom is 0.227 e. The zero-order valence-corrected chi connectivity index (χ0v) is 17.0. The van der Waals surface area contributed by atoms with Gasteiger partial charge in [-0.05, 0) is 67.6 Å². The number of hydrogen-bond donors (Lipinski definition) is 2. The summed E-state index contributed by atoms with van der Waals surface area (Å²) in [7, 11) is 3.95. The van der Waals surface area contributed by atoms with E-state index in [-0.39, 0.29) is 29.5 Å². The van der Waals surface area contributed by atoms with Gasteiger partial charge in [-0.1, -0.05) is 12.1 Å². The van der Waals surface area contributed by atoms with E-state index in [1.165, 1.54) is 12.1 Å². The van der Waals surface area contributed by atoms with Crippen molar-refractivity contribution in [2.75, 3.05) is 24.3 Å². The van der Waals surface area contributed by atoms with Gasteiger partial charge in [0.05, 0.1) is 0 Å². The second-order valence-corrected chi connectivity index (χ2v) is 7.82. The number of carbonyl (C=O) groups excluding carboxylic acids is 2. The van der Waals surface area contributed by atoms with Crippen LogP contribution in [0.2, 0.25) is 0 Å². The van der Waals surface area contributed by atoms with Crippen LogP contribution in [0.1, 0.15) is 31.2 Å². The van der Waals surface area contributed by atoms with Crippen LogP contribution >= 0.6 is 0 Å². The number of benzene rings is 2. The molecule has 0 aliphatic heterocycles. The Morgan fingerprint density at radius 3 is 2.00 bits per heavy atom. The van der Waals surface area contributed by atoms with E-state index >= 15 is 0 Å². The molecule has 0 spiro atoms. The van der Waals surface area contributed by atoms with E-state index in [2.05, 4.69) is 10.6 Å². The highest BCUT2D eigenvalue weighted by Crippen LogP contribution is 2.30. The van der Waals surface area contributed by atoms with Crippen molar-refractivity contribution in [1.29, 1.82) is 0 Å². The van der Waals surface area contributed by atoms with Crippen molar-refractivity contribution in [1.82, 2.24) is 5.32 Å². The average molecular weight is 397 g/mol. The first-order chi connectivity index (χ1) is 13.9. The summed E-state index contributed by atoms with van der Waals surface area (Å²) in [5.41, 5.74) is 2.74. The molecule has 0 aromatic heterocycles. The van der Waals surface area contributed by atoms with Crippen molar-refractivity contribution in [2.24, 2.45) is 11.8 Å². The Labute approximate surface area is 171 Å². The van der Waals surface area contributed by atoms with Gasteiger partial charge in [0.15, 0.2) is 0 Å². The normalized spacial score (nSPS) is 18.7. The van der Waals surface area contributed by atoms with Gasteiger partial charge in [-0.15, -0.1) is 0 Å². The smallest absolute Gasteiger partial charge is 0.227 e. The van der Waals surface area contributed by atoms with Crippen LogP contribution in [0.25, 0.3) is 0 Å². The van der Waals surface area contributed by atoms with Gasteiger partial charge in [-0.25, -0.2) is 4.39 Å². The van der Waals surface area contributed by atoms with Crippen LogP contribution in [0, 0.1) is 17.7 Å². The van der Waals surface area contributed by atoms with Gasteiger partial charge < -0.3 is 15.5 Å². The fourth-order valence-corrected chi connectivity index (χ4v) is 3.64. The fourth-order valence-electron chi connectivity index (χ4n) is 3.64. The second kappa shape index (κ2) is 9.54. The lowest BCUT2D eigenvalue weighted by molar-refractivity contribution is -0.128. The molecule has 1 aliphatic rings. The molecule has 0 saturated heterocycles. The molecule has 5 nitrogen and oxygen atoms in total. The largest absolute Gasteiger partial charge is 0.378 e. The average Bonchev–Trinajstić information content (AvgIpc) is 2.73. The fraction of sp³-hybridized carbons (Fsp3) is 0.391. The first kappa shape index (κ1) is 20.8. The van der Waals surface area contributed by atoms with Gasteiger partial charge in [0.25, 0.3) is 0 Å². The minimum atomic E-state index is -0.287. The summed E-state index contributed by atoms with van der Waals surface area (Å²) in [6.07, 6.45) is 2.81. The number of hydrogen-bond acceptors (Lipinski definition) is 3. The number of amides is 2. The minimum Gasteiger partial charge on any atom is -0.378 e. The molecule has 0 heterocycles. The molecule has 1 aliphatic carbocycles. The lowest BCUT2D eigenvalue weighted by Crippen LogP contribution is -2.35. The summed E-state index contributed by atoms with van der Waals surface area (Å²) in [4.78, 5) is 27.0. The van der Waals surface area contributed by atoms with Crippen LogP contribution in [0.3, 0.4) is 0 Å². The molecule has 0 radical (unpaired) electrons. The molecule has 154 valence electrons. The van der Waals surface area contributed by atoms with Gasteiger partial charge >= 0.3 is 0 Å². The van der Waals surface area contributed by atoms with Crippen molar-refractivity contribution in [2.45, 2.75) is 32.2 Å². The summed E-state index contributed by atoms with van der Waals surface area (Å²) >= 11 is 0. The molecule has 6 heteroatoms. The van der Waals surface area contributed by atoms with E-state index in [0.717, 1.165) is 16.9 Å². The third-order valence-corrected chi connectivity index (χ3v) is 5.50. The van der Waals surface area contributed by atoms with E-state index < -0.39 is 0 Å². The second-order valence-electron chi connectivity index (χ2n) is 7.82. The third kappa shape index (κ3) is 5.79. The van der Waals surface area contributed by atoms with Crippen LogP contribution in [0.4, 0.5) is 15.8 Å². The Hall–Kier alpha value is -2.89. The SMILES string of the molecule is CN(C)c1ccc(NC(=O)C2CCC(C(=O)NCc3ccc(F)cc3)CC2)cc1. The van der Waals surface area contributed by atoms with E-state index in [9.17, 15) is 14.0 Å². The Kier molecular flexibility index (Phi) is 6.86. The number of anilines is 2. The maximum atomic E-state index is 12.9. The van der Waals surface area contributed by atoms with E-state index in [1.807, 2.05) is 43.3 Å². The molecule has 2 amide bonds. The van der Waals surface area contributed by atoms with Gasteiger partial charge in [-0.3, -0.25) is 9.59 Å². The van der Waals surface area contributed by atoms with Crippen LogP contribution in [0.15, 0.2) is 48.5 Å². The monoisotopic (exact) mass is 397 g/mol. The summed E-state index contributed by atoms with van der Waals surface area (Å²) in [6.45, 7) is 0.391. The summed E-state index contributed by atoms with van der Waals surface area (Å²) in [5.74, 6) is -0.394. The molecule has 2 aromatic carbocycles. The van der Waals surface area contributed by atoms with Gasteiger partial charge in [-0.2, -0.15) is 0 Å². The number of carbonyl (C=O) groups is 2. The zero-order chi connectivity index (χ0) is 20.8. The molecule has 0 atom stereocenters. The van der Waals surface area contributed by atoms with Crippen molar-refractivity contribution >= 4 is 23.2 Å². The van der Waals surface area contributed by atoms with Gasteiger partial charge in [0, 0.05) is 43.9 Å². The van der Waals surface area contributed by atoms with Crippen LogP contribution in [-0.4, -0.2) is 25.9 Å². The standard InChI is InChI=1S/C23H28FN3O2/c1-27(2)21-13-11-20(12-14-21)26-23(29)18-7-5-17(6-8-18)22(28)25-15-16-3-9-19(24)10-4-16/h3-4,9-14,17-18H,5-8,15H2,1-2H3,(H,25,28)(H,26,29). The molecule has 29 heavy (non-hydrogen) atoms. The van der Waals surface area contributed by atoms with Crippen molar-refractivity contribution in [3.05, 3.63) is 59.9 Å². The highest BCUT2D eigenvalue weighted by Gasteiger charge is 2.29. The lowest BCUT2D eigenvalue weighted by Gasteiger charge is -2.27. The van der Waals surface area contributed by atoms with Gasteiger partial charge in [0.2, 0.25) is 11.8 Å². The predicted molar refractivity (Wildman–Crippen MR) is 113 cm³/mol. The summed E-state index contributed by atoms with van der Waals surface area (Å²) in [6, 6.07) is 13.9. The first-order valence-corrected chi connectivity index (χ1v) is 10.0. The van der Waals surface area contributed by atoms with Crippen LogP contribution < -0.4 is 15.5 Å². The highest BCUT2D eigenvalue weighted by molar-refractivity contribution is 5.93. The quantitative estimate of drug-likeness (QED) is 0.776. The first-order valence-electron chi connectivity index (χ1n) is 10.0. The van der Waals surface area contributed by atoms with Gasteiger partial charge in [0.1, 0.15) is 5.82 Å². The third-order valence-electron chi connectivity index (χ3n) is 5.50. The van der Waals surface area contributed by atoms with Crippen LogP contribution in [0.5, 0.6) is 0 Å². The highest BCUT2D eigenvalue weighted by atomic mass is 19.1. The summed E-state index contributed by atoms with van der Waals surface area (Å²) in [5, 5.41) is 5.90. The molecule has 1 saturated carbocycles. The topological polar surface area (TPSA) is 61.4 Å². The number of rotatable bonds is 6. The molecule has 3 rings (SSSR count). The Balaban J connectivity index is 1.43. The minimum absolute atomic E-state index is 0.00690. The molecule has 1 fully saturated rings. The maximum absolute atomic E-state index is 12.9. The van der Waals surface area contributed by atoms with E-state index in [4.69, 9.17) is 0 Å². The molecule has 2 N–H and O–H groups in total. The molecule has 0 unspecified atom stereocenters. The number of nitrogens with one attached hydrogen (secondary N) is 2. The Morgan fingerprint density at radius 2 is 1.45 bits per heavy atom. The van der Waals surface area contributed by atoms with E-state index in [0.29, 0.717) is 32.2 Å². The Bertz CT molecular complexity index is 826. The predicted octanol–water partition coefficient (Wildman–Crippen LogP) is 3.95. The molecular weight excluding hydrogens is 369 g/mol. The van der Waals surface area contributed by atoms with Crippen molar-refractivity contribution < 1.29 is 14.0 Å². The van der Waals surface area contributed by atoms with Crippen molar-refractivity contribution in [3.63, 3.8) is 0 Å². The molecular formula is C23H28FN3O2. The van der Waals surface area contributed by atoms with Crippen molar-refractivity contribution in [3.8, 4) is 0 Å². The lowest BCUT2D eigenvalue weighted by atomic mass is 9.81. The number of halogens is 1. The van der Waals surface area contributed by atoms with Crippen LogP contribution in [-0.2, 0) is 16.1 Å². The molecule has 0 bridgehead atoms. The Morgan fingerprint density at radius 1 is 0.897 bits per heavy atom.